The van der Waals surface area contributed by atoms with E-state index >= 15 is 0 Å². The van der Waals surface area contributed by atoms with E-state index in [1.165, 1.54) is 7.11 Å². The lowest BCUT2D eigenvalue weighted by Crippen LogP contribution is -2.49. The van der Waals surface area contributed by atoms with Crippen LogP contribution in [0.2, 0.25) is 0 Å². The summed E-state index contributed by atoms with van der Waals surface area (Å²) >= 11 is 0. The van der Waals surface area contributed by atoms with Crippen LogP contribution >= 0.6 is 0 Å². The van der Waals surface area contributed by atoms with E-state index in [0.29, 0.717) is 6.54 Å². The molecule has 0 radical (unpaired) electrons. The van der Waals surface area contributed by atoms with Crippen molar-refractivity contribution >= 4 is 5.91 Å². The molecule has 0 aliphatic carbocycles. The van der Waals surface area contributed by atoms with Crippen molar-refractivity contribution in [2.45, 2.75) is 24.8 Å². The van der Waals surface area contributed by atoms with Crippen LogP contribution in [0.25, 0.3) is 11.3 Å². The monoisotopic (exact) mass is 332 g/mol. The predicted molar refractivity (Wildman–Crippen MR) is 85.0 cm³/mol. The molecule has 8 nitrogen and oxygen atoms in total. The van der Waals surface area contributed by atoms with Crippen molar-refractivity contribution in [2.24, 2.45) is 0 Å². The van der Waals surface area contributed by atoms with E-state index in [9.17, 15) is 9.90 Å². The number of aromatic nitrogens is 3. The summed E-state index contributed by atoms with van der Waals surface area (Å²) in [5, 5.41) is 21.0. The summed E-state index contributed by atoms with van der Waals surface area (Å²) in [7, 11) is 1.44. The zero-order valence-corrected chi connectivity index (χ0v) is 13.3. The van der Waals surface area contributed by atoms with Crippen LogP contribution in [0.5, 0.6) is 0 Å². The van der Waals surface area contributed by atoms with Gasteiger partial charge in [0.05, 0.1) is 31.5 Å². The number of aliphatic hydroxyl groups excluding tert-OH is 1. The number of hydrogen-bond donors (Lipinski definition) is 2. The Morgan fingerprint density at radius 3 is 3.00 bits per heavy atom. The molecule has 3 rings (SSSR count). The Balaban J connectivity index is 1.66. The third kappa shape index (κ3) is 3.78. The van der Waals surface area contributed by atoms with Gasteiger partial charge in [-0.25, -0.2) is 4.68 Å². The normalized spacial score (nSPS) is 23.3. The summed E-state index contributed by atoms with van der Waals surface area (Å²) in [6.07, 6.45) is 0.677. The second-order valence-corrected chi connectivity index (χ2v) is 5.66. The van der Waals surface area contributed by atoms with Gasteiger partial charge in [-0.1, -0.05) is 35.5 Å². The van der Waals surface area contributed by atoms with Crippen molar-refractivity contribution in [1.82, 2.24) is 20.3 Å². The molecule has 1 aromatic heterocycles. The number of hydrogen-bond acceptors (Lipinski definition) is 6. The van der Waals surface area contributed by atoms with Gasteiger partial charge in [0.2, 0.25) is 5.91 Å². The minimum absolute atomic E-state index is 0.0581. The van der Waals surface area contributed by atoms with E-state index in [0.717, 1.165) is 11.3 Å². The maximum Gasteiger partial charge on any atom is 0.246 e. The molecule has 1 aromatic carbocycles. The van der Waals surface area contributed by atoms with Gasteiger partial charge in [-0.05, 0) is 0 Å². The van der Waals surface area contributed by atoms with Crippen LogP contribution in [-0.4, -0.2) is 64.6 Å². The lowest BCUT2D eigenvalue weighted by molar-refractivity contribution is -0.126. The molecule has 1 amide bonds. The molecule has 0 unspecified atom stereocenters. The molecule has 0 bridgehead atoms. The number of ether oxygens (including phenoxy) is 2. The predicted octanol–water partition coefficient (Wildman–Crippen LogP) is -0.164. The fourth-order valence-corrected chi connectivity index (χ4v) is 2.70. The van der Waals surface area contributed by atoms with Crippen molar-refractivity contribution in [3.63, 3.8) is 0 Å². The zero-order valence-electron chi connectivity index (χ0n) is 13.3. The van der Waals surface area contributed by atoms with E-state index in [-0.39, 0.29) is 25.2 Å². The zero-order chi connectivity index (χ0) is 16.9. The minimum Gasteiger partial charge on any atom is -0.388 e. The Hall–Kier alpha value is -2.29. The SMILES string of the molecule is COCC(=O)N[C@@H]1[C@@H](O)CO[C@@H]1Cn1cc(-c2ccccc2)nn1. The summed E-state index contributed by atoms with van der Waals surface area (Å²) in [6.45, 7) is 0.495. The highest BCUT2D eigenvalue weighted by atomic mass is 16.5. The van der Waals surface area contributed by atoms with Crippen LogP contribution in [0.4, 0.5) is 0 Å². The number of nitrogens with zero attached hydrogens (tertiary/aromatic N) is 3. The summed E-state index contributed by atoms with van der Waals surface area (Å²) in [5.74, 6) is -0.291. The number of carbonyl (C=O) groups is 1. The Bertz CT molecular complexity index is 676. The number of amides is 1. The van der Waals surface area contributed by atoms with E-state index < -0.39 is 12.1 Å². The van der Waals surface area contributed by atoms with Crippen molar-refractivity contribution in [3.8, 4) is 11.3 Å². The highest BCUT2D eigenvalue weighted by molar-refractivity contribution is 5.77. The first-order valence-corrected chi connectivity index (χ1v) is 7.71. The average molecular weight is 332 g/mol. The lowest BCUT2D eigenvalue weighted by atomic mass is 10.1. The number of nitrogens with one attached hydrogen (secondary N) is 1. The molecule has 0 spiro atoms. The summed E-state index contributed by atoms with van der Waals surface area (Å²) in [6, 6.07) is 9.22. The molecule has 1 fully saturated rings. The van der Waals surface area contributed by atoms with Crippen LogP contribution in [0.15, 0.2) is 36.5 Å². The smallest absolute Gasteiger partial charge is 0.246 e. The van der Waals surface area contributed by atoms with Crippen molar-refractivity contribution in [2.75, 3.05) is 20.3 Å². The van der Waals surface area contributed by atoms with Crippen LogP contribution in [-0.2, 0) is 20.8 Å². The third-order valence-electron chi connectivity index (χ3n) is 3.87. The summed E-state index contributed by atoms with van der Waals surface area (Å²) in [4.78, 5) is 11.7. The molecular weight excluding hydrogens is 312 g/mol. The molecule has 24 heavy (non-hydrogen) atoms. The molecule has 2 aromatic rings. The maximum absolute atomic E-state index is 11.7. The molecule has 1 saturated heterocycles. The summed E-state index contributed by atoms with van der Waals surface area (Å²) in [5.41, 5.74) is 1.73. The number of benzene rings is 1. The van der Waals surface area contributed by atoms with Gasteiger partial charge in [0, 0.05) is 12.7 Å². The molecular formula is C16H20N4O4. The first kappa shape index (κ1) is 16.6. The Labute approximate surface area is 139 Å². The van der Waals surface area contributed by atoms with Crippen LogP contribution in [0.3, 0.4) is 0 Å². The van der Waals surface area contributed by atoms with Gasteiger partial charge in [0.1, 0.15) is 18.4 Å². The molecule has 128 valence electrons. The van der Waals surface area contributed by atoms with E-state index in [1.54, 1.807) is 4.68 Å². The highest BCUT2D eigenvalue weighted by Gasteiger charge is 2.37. The average Bonchev–Trinajstić information content (AvgIpc) is 3.18. The first-order valence-electron chi connectivity index (χ1n) is 7.71. The van der Waals surface area contributed by atoms with Gasteiger partial charge in [0.25, 0.3) is 0 Å². The Morgan fingerprint density at radius 2 is 2.25 bits per heavy atom. The van der Waals surface area contributed by atoms with E-state index in [2.05, 4.69) is 15.6 Å². The second-order valence-electron chi connectivity index (χ2n) is 5.66. The summed E-state index contributed by atoms with van der Waals surface area (Å²) < 4.78 is 12.0. The fourth-order valence-electron chi connectivity index (χ4n) is 2.70. The molecule has 2 heterocycles. The highest BCUT2D eigenvalue weighted by Crippen LogP contribution is 2.18. The minimum atomic E-state index is -0.757. The molecule has 2 N–H and O–H groups in total. The number of carbonyl (C=O) groups excluding carboxylic acids is 1. The van der Waals surface area contributed by atoms with Crippen LogP contribution in [0, 0.1) is 0 Å². The van der Waals surface area contributed by atoms with Gasteiger partial charge in [-0.15, -0.1) is 5.10 Å². The maximum atomic E-state index is 11.7. The number of methoxy groups -OCH3 is 1. The second kappa shape index (κ2) is 7.52. The van der Waals surface area contributed by atoms with Crippen molar-refractivity contribution in [1.29, 1.82) is 0 Å². The lowest BCUT2D eigenvalue weighted by Gasteiger charge is -2.21. The van der Waals surface area contributed by atoms with Crippen molar-refractivity contribution in [3.05, 3.63) is 36.5 Å². The number of rotatable bonds is 6. The fraction of sp³-hybridized carbons (Fsp3) is 0.438. The largest absolute Gasteiger partial charge is 0.388 e. The van der Waals surface area contributed by atoms with Crippen LogP contribution < -0.4 is 5.32 Å². The van der Waals surface area contributed by atoms with E-state index in [4.69, 9.17) is 9.47 Å². The Kier molecular flexibility index (Phi) is 5.19. The van der Waals surface area contributed by atoms with E-state index in [1.807, 2.05) is 36.5 Å². The van der Waals surface area contributed by atoms with Gasteiger partial charge < -0.3 is 19.9 Å². The molecule has 1 aliphatic rings. The number of aliphatic hydroxyl groups is 1. The standard InChI is InChI=1S/C16H20N4O4/c1-23-10-15(22)17-16-13(21)9-24-14(16)8-20-7-12(18-19-20)11-5-3-2-4-6-11/h2-7,13-14,16,21H,8-10H2,1H3,(H,17,22)/t13-,14+,16+/m0/s1. The van der Waals surface area contributed by atoms with Gasteiger partial charge >= 0.3 is 0 Å². The third-order valence-corrected chi connectivity index (χ3v) is 3.87. The van der Waals surface area contributed by atoms with Crippen LogP contribution in [0.1, 0.15) is 0 Å². The van der Waals surface area contributed by atoms with Crippen molar-refractivity contribution < 1.29 is 19.4 Å². The van der Waals surface area contributed by atoms with Gasteiger partial charge in [0.15, 0.2) is 0 Å². The molecule has 3 atom stereocenters. The molecule has 1 aliphatic heterocycles. The topological polar surface area (TPSA) is 98.5 Å². The molecule has 0 saturated carbocycles. The van der Waals surface area contributed by atoms with Gasteiger partial charge in [-0.2, -0.15) is 0 Å². The Morgan fingerprint density at radius 1 is 1.46 bits per heavy atom. The molecule has 8 heteroatoms. The first-order chi connectivity index (χ1) is 11.7. The van der Waals surface area contributed by atoms with Gasteiger partial charge in [-0.3, -0.25) is 4.79 Å². The quantitative estimate of drug-likeness (QED) is 0.762.